The summed E-state index contributed by atoms with van der Waals surface area (Å²) < 4.78 is 0. The fourth-order valence-electron chi connectivity index (χ4n) is 2.44. The third kappa shape index (κ3) is 1.98. The van der Waals surface area contributed by atoms with E-state index >= 15 is 0 Å². The average molecular weight is 210 g/mol. The maximum absolute atomic E-state index is 11.6. The molecule has 2 rings (SSSR count). The molecule has 0 radical (unpaired) electrons. The molecule has 2 amide bonds. The molecule has 4 heteroatoms. The Morgan fingerprint density at radius 3 is 2.53 bits per heavy atom. The number of likely N-dealkylation sites (tertiary alicyclic amines) is 1. The minimum absolute atomic E-state index is 0.0417. The van der Waals surface area contributed by atoms with Gasteiger partial charge < -0.3 is 10.2 Å². The molecule has 0 aromatic rings. The van der Waals surface area contributed by atoms with E-state index in [-0.39, 0.29) is 17.4 Å². The van der Waals surface area contributed by atoms with E-state index in [2.05, 4.69) is 5.32 Å². The maximum atomic E-state index is 11.6. The van der Waals surface area contributed by atoms with Gasteiger partial charge in [-0.15, -0.1) is 0 Å². The first-order valence-corrected chi connectivity index (χ1v) is 5.74. The normalized spacial score (nSPS) is 23.5. The molecule has 2 aliphatic rings. The SMILES string of the molecule is CCCC(=O)N1CCC2(CC1)CC(=O)N2. The lowest BCUT2D eigenvalue weighted by atomic mass is 9.78. The summed E-state index contributed by atoms with van der Waals surface area (Å²) in [6, 6.07) is 0. The Bertz CT molecular complexity index is 270. The topological polar surface area (TPSA) is 49.4 Å². The van der Waals surface area contributed by atoms with E-state index in [1.54, 1.807) is 0 Å². The summed E-state index contributed by atoms with van der Waals surface area (Å²) in [6.07, 6.45) is 4.07. The standard InChI is InChI=1S/C11H18N2O2/c1-2-3-10(15)13-6-4-11(5-7-13)8-9(14)12-11/h2-8H2,1H3,(H,12,14). The van der Waals surface area contributed by atoms with Gasteiger partial charge in [-0.25, -0.2) is 0 Å². The van der Waals surface area contributed by atoms with Crippen LogP contribution in [-0.2, 0) is 9.59 Å². The second-order valence-electron chi connectivity index (χ2n) is 4.64. The Morgan fingerprint density at radius 2 is 2.07 bits per heavy atom. The summed E-state index contributed by atoms with van der Waals surface area (Å²) in [4.78, 5) is 24.4. The monoisotopic (exact) mass is 210 g/mol. The molecular formula is C11H18N2O2. The summed E-state index contributed by atoms with van der Waals surface area (Å²) in [6.45, 7) is 3.63. The average Bonchev–Trinajstić information content (AvgIpc) is 2.17. The van der Waals surface area contributed by atoms with Crippen LogP contribution < -0.4 is 5.32 Å². The highest BCUT2D eigenvalue weighted by Crippen LogP contribution is 2.31. The number of piperidine rings is 1. The van der Waals surface area contributed by atoms with Crippen molar-refractivity contribution in [3.8, 4) is 0 Å². The number of hydrogen-bond acceptors (Lipinski definition) is 2. The van der Waals surface area contributed by atoms with Crippen LogP contribution in [-0.4, -0.2) is 35.3 Å². The number of carbonyl (C=O) groups excluding carboxylic acids is 2. The van der Waals surface area contributed by atoms with Crippen molar-refractivity contribution in [1.82, 2.24) is 10.2 Å². The number of nitrogens with one attached hydrogen (secondary N) is 1. The molecule has 0 aromatic heterocycles. The van der Waals surface area contributed by atoms with Gasteiger partial charge in [0, 0.05) is 25.9 Å². The first-order valence-electron chi connectivity index (χ1n) is 5.74. The number of β-lactam (4-membered cyclic amide) rings is 1. The molecule has 0 saturated carbocycles. The summed E-state index contributed by atoms with van der Waals surface area (Å²) in [5.74, 6) is 0.418. The van der Waals surface area contributed by atoms with Gasteiger partial charge in [0.15, 0.2) is 0 Å². The summed E-state index contributed by atoms with van der Waals surface area (Å²) in [7, 11) is 0. The highest BCUT2D eigenvalue weighted by Gasteiger charge is 2.45. The highest BCUT2D eigenvalue weighted by atomic mass is 16.2. The Balaban J connectivity index is 1.82. The van der Waals surface area contributed by atoms with Crippen molar-refractivity contribution in [2.75, 3.05) is 13.1 Å². The first-order chi connectivity index (χ1) is 7.15. The second kappa shape index (κ2) is 3.83. The van der Waals surface area contributed by atoms with Crippen molar-refractivity contribution in [1.29, 1.82) is 0 Å². The van der Waals surface area contributed by atoms with Gasteiger partial charge >= 0.3 is 0 Å². The molecule has 0 unspecified atom stereocenters. The lowest BCUT2D eigenvalue weighted by molar-refractivity contribution is -0.138. The van der Waals surface area contributed by atoms with Crippen LogP contribution in [0.2, 0.25) is 0 Å². The number of hydrogen-bond donors (Lipinski definition) is 1. The van der Waals surface area contributed by atoms with Crippen LogP contribution in [0.4, 0.5) is 0 Å². The third-order valence-corrected chi connectivity index (χ3v) is 3.44. The zero-order valence-corrected chi connectivity index (χ0v) is 9.21. The van der Waals surface area contributed by atoms with E-state index in [1.165, 1.54) is 0 Å². The van der Waals surface area contributed by atoms with Crippen molar-refractivity contribution >= 4 is 11.8 Å². The number of nitrogens with zero attached hydrogens (tertiary/aromatic N) is 1. The first kappa shape index (κ1) is 10.5. The number of rotatable bonds is 2. The van der Waals surface area contributed by atoms with Gasteiger partial charge in [0.1, 0.15) is 0 Å². The molecule has 0 aromatic carbocycles. The molecule has 2 saturated heterocycles. The van der Waals surface area contributed by atoms with Crippen molar-refractivity contribution in [2.45, 2.75) is 44.6 Å². The maximum Gasteiger partial charge on any atom is 0.222 e. The van der Waals surface area contributed by atoms with Crippen molar-refractivity contribution in [2.24, 2.45) is 0 Å². The van der Waals surface area contributed by atoms with E-state index in [9.17, 15) is 9.59 Å². The molecule has 15 heavy (non-hydrogen) atoms. The zero-order valence-electron chi connectivity index (χ0n) is 9.21. The fourth-order valence-corrected chi connectivity index (χ4v) is 2.44. The van der Waals surface area contributed by atoms with Crippen molar-refractivity contribution in [3.63, 3.8) is 0 Å². The highest BCUT2D eigenvalue weighted by molar-refractivity contribution is 5.85. The molecule has 2 heterocycles. The molecule has 4 nitrogen and oxygen atoms in total. The molecule has 2 fully saturated rings. The summed E-state index contributed by atoms with van der Waals surface area (Å²) >= 11 is 0. The fraction of sp³-hybridized carbons (Fsp3) is 0.818. The van der Waals surface area contributed by atoms with Crippen LogP contribution >= 0.6 is 0 Å². The van der Waals surface area contributed by atoms with Gasteiger partial charge in [0.2, 0.25) is 11.8 Å². The van der Waals surface area contributed by atoms with Gasteiger partial charge in [0.05, 0.1) is 5.54 Å². The smallest absolute Gasteiger partial charge is 0.222 e. The third-order valence-electron chi connectivity index (χ3n) is 3.44. The molecule has 2 aliphatic heterocycles. The number of carbonyl (C=O) groups is 2. The van der Waals surface area contributed by atoms with Gasteiger partial charge in [0.25, 0.3) is 0 Å². The predicted octanol–water partition coefficient (Wildman–Crippen LogP) is 0.668. The molecule has 1 N–H and O–H groups in total. The van der Waals surface area contributed by atoms with Crippen molar-refractivity contribution < 1.29 is 9.59 Å². The van der Waals surface area contributed by atoms with Gasteiger partial charge in [-0.3, -0.25) is 9.59 Å². The quantitative estimate of drug-likeness (QED) is 0.681. The van der Waals surface area contributed by atoms with E-state index in [0.29, 0.717) is 12.8 Å². The second-order valence-corrected chi connectivity index (χ2v) is 4.64. The summed E-state index contributed by atoms with van der Waals surface area (Å²) in [5, 5.41) is 2.97. The molecule has 0 atom stereocenters. The van der Waals surface area contributed by atoms with Crippen LogP contribution in [0.1, 0.15) is 39.0 Å². The van der Waals surface area contributed by atoms with Crippen LogP contribution in [0.15, 0.2) is 0 Å². The lowest BCUT2D eigenvalue weighted by Gasteiger charge is -2.47. The minimum atomic E-state index is 0.0417. The Hall–Kier alpha value is -1.06. The molecule has 0 aliphatic carbocycles. The van der Waals surface area contributed by atoms with E-state index < -0.39 is 0 Å². The number of amides is 2. The summed E-state index contributed by atoms with van der Waals surface area (Å²) in [5.41, 5.74) is 0.0417. The van der Waals surface area contributed by atoms with Gasteiger partial charge in [-0.05, 0) is 19.3 Å². The van der Waals surface area contributed by atoms with Gasteiger partial charge in [-0.1, -0.05) is 6.92 Å². The minimum Gasteiger partial charge on any atom is -0.350 e. The largest absolute Gasteiger partial charge is 0.350 e. The Labute approximate surface area is 90.0 Å². The van der Waals surface area contributed by atoms with Gasteiger partial charge in [-0.2, -0.15) is 0 Å². The molecular weight excluding hydrogens is 192 g/mol. The van der Waals surface area contributed by atoms with Crippen molar-refractivity contribution in [3.05, 3.63) is 0 Å². The van der Waals surface area contributed by atoms with Crippen LogP contribution in [0, 0.1) is 0 Å². The zero-order chi connectivity index (χ0) is 10.9. The lowest BCUT2D eigenvalue weighted by Crippen LogP contribution is -2.65. The molecule has 0 bridgehead atoms. The molecule has 1 spiro atoms. The predicted molar refractivity (Wildman–Crippen MR) is 56.2 cm³/mol. The van der Waals surface area contributed by atoms with Crippen LogP contribution in [0.3, 0.4) is 0 Å². The van der Waals surface area contributed by atoms with E-state index in [0.717, 1.165) is 32.4 Å². The van der Waals surface area contributed by atoms with Crippen LogP contribution in [0.5, 0.6) is 0 Å². The molecule has 84 valence electrons. The van der Waals surface area contributed by atoms with E-state index in [1.807, 2.05) is 11.8 Å². The van der Waals surface area contributed by atoms with E-state index in [4.69, 9.17) is 0 Å². The Kier molecular flexibility index (Phi) is 2.67. The van der Waals surface area contributed by atoms with Crippen LogP contribution in [0.25, 0.3) is 0 Å². The Morgan fingerprint density at radius 1 is 1.47 bits per heavy atom.